The number of methoxy groups -OCH3 is 1. The van der Waals surface area contributed by atoms with E-state index in [1.807, 2.05) is 6.26 Å². The zero-order chi connectivity index (χ0) is 40.4. The summed E-state index contributed by atoms with van der Waals surface area (Å²) in [5, 5.41) is 10.9. The van der Waals surface area contributed by atoms with Crippen molar-refractivity contribution in [2.24, 2.45) is 5.92 Å². The summed E-state index contributed by atoms with van der Waals surface area (Å²) in [6.07, 6.45) is 10.00. The molecule has 1 aromatic rings. The van der Waals surface area contributed by atoms with Gasteiger partial charge >= 0.3 is 271 Å². The van der Waals surface area contributed by atoms with Crippen molar-refractivity contribution in [2.45, 2.75) is 188 Å². The molecular formula is C42H79NO6Si3Sn. The van der Waals surface area contributed by atoms with Crippen molar-refractivity contribution in [1.29, 1.82) is 0 Å². The van der Waals surface area contributed by atoms with Gasteiger partial charge in [0.1, 0.15) is 8.07 Å². The van der Waals surface area contributed by atoms with E-state index in [1.165, 1.54) is 0 Å². The molecule has 0 amide bonds. The second kappa shape index (κ2) is 20.8. The molecule has 0 spiro atoms. The molecule has 0 aliphatic carbocycles. The summed E-state index contributed by atoms with van der Waals surface area (Å²) < 4.78 is 35.8. The summed E-state index contributed by atoms with van der Waals surface area (Å²) in [6.45, 7) is 29.8. The van der Waals surface area contributed by atoms with E-state index in [4.69, 9.17) is 27.7 Å². The average molecular weight is 897 g/mol. The third kappa shape index (κ3) is 13.8. The molecule has 0 aromatic carbocycles. The number of hydrogen-bond acceptors (Lipinski definition) is 7. The van der Waals surface area contributed by atoms with Gasteiger partial charge in [0.2, 0.25) is 0 Å². The van der Waals surface area contributed by atoms with E-state index in [9.17, 15) is 5.11 Å². The predicted octanol–water partition coefficient (Wildman–Crippen LogP) is 10.6. The van der Waals surface area contributed by atoms with Gasteiger partial charge in [0.05, 0.1) is 6.10 Å². The number of allylic oxidation sites excluding steroid dienone is 2. The van der Waals surface area contributed by atoms with Crippen molar-refractivity contribution in [3.05, 3.63) is 36.0 Å². The maximum absolute atomic E-state index is 10.9. The second-order valence-corrected chi connectivity index (χ2v) is 47.8. The molecule has 1 aromatic heterocycles. The SMILES string of the molecule is CC[Si](CC)(CC)O[C@@]1(Cc2n[c]([Sn]([CH3])([CH3])[CH3])co2)C[C@H](CO)C[C@H]([C@@H](/C=C(C)/C=C/[C@@H](CC#C[Si](C)(C)C)OC)O[Si](C(C)C)(C(C)C)C(C)C)O1. The second-order valence-electron chi connectivity index (χ2n) is 18.7. The molecule has 1 aliphatic heterocycles. The molecule has 304 valence electrons. The number of ether oxygens (including phenoxy) is 2. The van der Waals surface area contributed by atoms with Crippen LogP contribution in [-0.2, 0) is 24.7 Å². The van der Waals surface area contributed by atoms with Crippen LogP contribution in [0, 0.1) is 17.4 Å². The molecular weight excluding hydrogens is 817 g/mol. The summed E-state index contributed by atoms with van der Waals surface area (Å²) >= 11 is -2.49. The Morgan fingerprint density at radius 3 is 2.08 bits per heavy atom. The fourth-order valence-electron chi connectivity index (χ4n) is 8.19. The summed E-state index contributed by atoms with van der Waals surface area (Å²) in [5.74, 6) is 3.05. The van der Waals surface area contributed by atoms with Crippen LogP contribution in [0.2, 0.25) is 69.2 Å². The van der Waals surface area contributed by atoms with Crippen molar-refractivity contribution in [3.63, 3.8) is 0 Å². The zero-order valence-corrected chi connectivity index (χ0v) is 42.8. The Morgan fingerprint density at radius 2 is 1.62 bits per heavy atom. The molecule has 53 heavy (non-hydrogen) atoms. The summed E-state index contributed by atoms with van der Waals surface area (Å²) in [6, 6.07) is 2.98. The first-order chi connectivity index (χ1) is 24.5. The Bertz CT molecular complexity index is 1350. The Balaban J connectivity index is 2.78. The van der Waals surface area contributed by atoms with Crippen molar-refractivity contribution < 1.29 is 27.8 Å². The van der Waals surface area contributed by atoms with Crippen LogP contribution in [0.1, 0.15) is 94.4 Å². The Hall–Kier alpha value is -0.501. The van der Waals surface area contributed by atoms with Gasteiger partial charge in [-0.05, 0) is 0 Å². The molecule has 1 N–H and O–H groups in total. The normalized spacial score (nSPS) is 22.2. The van der Waals surface area contributed by atoms with Crippen molar-refractivity contribution >= 4 is 46.8 Å². The maximum atomic E-state index is 10.9. The summed E-state index contributed by atoms with van der Waals surface area (Å²) in [5.41, 5.74) is 5.74. The van der Waals surface area contributed by atoms with Gasteiger partial charge in [0.25, 0.3) is 0 Å². The monoisotopic (exact) mass is 897 g/mol. The van der Waals surface area contributed by atoms with Gasteiger partial charge in [0, 0.05) is 13.5 Å². The number of aromatic nitrogens is 1. The molecule has 2 rings (SSSR count). The van der Waals surface area contributed by atoms with Crippen LogP contribution in [0.3, 0.4) is 0 Å². The van der Waals surface area contributed by atoms with Crippen LogP contribution in [-0.4, -0.2) is 91.0 Å². The molecule has 2 heterocycles. The molecule has 5 atom stereocenters. The van der Waals surface area contributed by atoms with E-state index >= 15 is 0 Å². The molecule has 7 nitrogen and oxygen atoms in total. The molecule has 1 saturated heterocycles. The van der Waals surface area contributed by atoms with Crippen molar-refractivity contribution in [3.8, 4) is 11.5 Å². The fraction of sp³-hybridized carbons (Fsp3) is 0.786. The van der Waals surface area contributed by atoms with Crippen LogP contribution >= 0.6 is 0 Å². The van der Waals surface area contributed by atoms with Crippen molar-refractivity contribution in [1.82, 2.24) is 4.98 Å². The topological polar surface area (TPSA) is 83.2 Å². The minimum absolute atomic E-state index is 0.0198. The predicted molar refractivity (Wildman–Crippen MR) is 234 cm³/mol. The number of aliphatic hydroxyl groups excluding tert-OH is 1. The van der Waals surface area contributed by atoms with Gasteiger partial charge in [0.15, 0.2) is 0 Å². The van der Waals surface area contributed by atoms with Crippen LogP contribution in [0.15, 0.2) is 34.5 Å². The summed E-state index contributed by atoms with van der Waals surface area (Å²) in [4.78, 5) is 12.1. The number of aliphatic hydroxyl groups is 1. The fourth-order valence-corrected chi connectivity index (χ4v) is 19.7. The molecule has 1 fully saturated rings. The van der Waals surface area contributed by atoms with E-state index < -0.39 is 48.9 Å². The van der Waals surface area contributed by atoms with Crippen LogP contribution in [0.4, 0.5) is 0 Å². The van der Waals surface area contributed by atoms with Gasteiger partial charge in [-0.1, -0.05) is 19.6 Å². The van der Waals surface area contributed by atoms with E-state index in [0.717, 1.165) is 27.4 Å². The van der Waals surface area contributed by atoms with Crippen LogP contribution in [0.25, 0.3) is 0 Å². The van der Waals surface area contributed by atoms with Crippen LogP contribution < -0.4 is 3.71 Å². The Morgan fingerprint density at radius 1 is 1.04 bits per heavy atom. The molecule has 0 bridgehead atoms. The first-order valence-electron chi connectivity index (χ1n) is 20.6. The summed E-state index contributed by atoms with van der Waals surface area (Å²) in [7, 11) is -4.28. The Labute approximate surface area is 333 Å². The third-order valence-electron chi connectivity index (χ3n) is 11.3. The quantitative estimate of drug-likeness (QED) is 0.0793. The number of rotatable bonds is 20. The minimum atomic E-state index is -2.49. The third-order valence-corrected chi connectivity index (χ3v) is 28.1. The molecule has 1 aliphatic rings. The number of nitrogens with zero attached hydrogens (tertiary/aromatic N) is 1. The number of hydrogen-bond donors (Lipinski definition) is 1. The molecule has 0 radical (unpaired) electrons. The van der Waals surface area contributed by atoms with Gasteiger partial charge in [-0.25, -0.2) is 0 Å². The van der Waals surface area contributed by atoms with E-state index in [1.54, 1.807) is 7.11 Å². The number of oxazole rings is 1. The van der Waals surface area contributed by atoms with Crippen LogP contribution in [0.5, 0.6) is 0 Å². The van der Waals surface area contributed by atoms with Gasteiger partial charge in [-0.2, -0.15) is 0 Å². The van der Waals surface area contributed by atoms with E-state index in [-0.39, 0.29) is 30.8 Å². The average Bonchev–Trinajstić information content (AvgIpc) is 3.54. The molecule has 0 saturated carbocycles. The zero-order valence-electron chi connectivity index (χ0n) is 36.9. The Kier molecular flexibility index (Phi) is 19.1. The molecule has 11 heteroatoms. The standard InChI is InChI=1S/C39H70NO6Si3.3CH3.Sn/c1-15-48(16-2,17-3)46-39(28-38-40-22-23-43-38)27-34(29-41)26-36(44-39)37(45-49(30(4)5,31(6)7)32(8)9)25-33(10)20-21-35(42-11)19-18-24-47(12,13)14;;;;/h20-21,23,25,30-32,34-37,41H,15-17,19,26-29H2,1-14H3;3*1H3;/b21-20+,33-25+;;;;/t34-,35-,36-,37-,39-;;;;/m1..../s1. The van der Waals surface area contributed by atoms with Gasteiger partial charge in [-0.15, -0.1) is 11.5 Å². The van der Waals surface area contributed by atoms with Crippen molar-refractivity contribution in [2.75, 3.05) is 13.7 Å². The first kappa shape index (κ1) is 48.6. The van der Waals surface area contributed by atoms with E-state index in [0.29, 0.717) is 48.2 Å². The first-order valence-corrected chi connectivity index (χ1v) is 38.7. The molecule has 0 unspecified atom stereocenters. The van der Waals surface area contributed by atoms with Gasteiger partial charge in [-0.3, -0.25) is 0 Å². The van der Waals surface area contributed by atoms with E-state index in [2.05, 4.69) is 133 Å². The van der Waals surface area contributed by atoms with Gasteiger partial charge < -0.3 is 4.74 Å².